The first-order chi connectivity index (χ1) is 6.31. The molecule has 4 nitrogen and oxygen atoms in total. The van der Waals surface area contributed by atoms with Crippen molar-refractivity contribution < 1.29 is 0 Å². The highest BCUT2D eigenvalue weighted by Crippen LogP contribution is 1.96. The highest BCUT2D eigenvalue weighted by atomic mass is 15.1. The van der Waals surface area contributed by atoms with Crippen LogP contribution in [0.2, 0.25) is 0 Å². The zero-order valence-electron chi connectivity index (χ0n) is 10.0. The molecule has 0 unspecified atom stereocenters. The van der Waals surface area contributed by atoms with Gasteiger partial charge in [0.2, 0.25) is 0 Å². The molecule has 0 saturated carbocycles. The van der Waals surface area contributed by atoms with E-state index in [0.29, 0.717) is 18.5 Å². The number of hydrogen-bond acceptors (Lipinski definition) is 2. The summed E-state index contributed by atoms with van der Waals surface area (Å²) < 4.78 is 0. The van der Waals surface area contributed by atoms with Crippen LogP contribution in [-0.2, 0) is 0 Å². The maximum atomic E-state index is 5.64. The Morgan fingerprint density at radius 1 is 1.36 bits per heavy atom. The van der Waals surface area contributed by atoms with Crippen molar-refractivity contribution in [3.63, 3.8) is 0 Å². The summed E-state index contributed by atoms with van der Waals surface area (Å²) in [5, 5.41) is 6.38. The summed E-state index contributed by atoms with van der Waals surface area (Å²) in [6, 6.07) is 0.342. The molecule has 4 heteroatoms. The van der Waals surface area contributed by atoms with Crippen molar-refractivity contribution in [2.45, 2.75) is 46.2 Å². The van der Waals surface area contributed by atoms with Gasteiger partial charge in [-0.15, -0.1) is 0 Å². The number of nitrogens with two attached hydrogens (primary N) is 1. The third-order valence-electron chi connectivity index (χ3n) is 1.49. The Hall–Kier alpha value is -0.770. The molecule has 4 N–H and O–H groups in total. The Balaban J connectivity index is 3.61. The Morgan fingerprint density at radius 2 is 1.93 bits per heavy atom. The van der Waals surface area contributed by atoms with Crippen molar-refractivity contribution in [2.24, 2.45) is 10.7 Å². The maximum Gasteiger partial charge on any atom is 0.188 e. The van der Waals surface area contributed by atoms with Gasteiger partial charge in [-0.3, -0.25) is 4.99 Å². The van der Waals surface area contributed by atoms with Gasteiger partial charge in [-0.25, -0.2) is 0 Å². The zero-order chi connectivity index (χ0) is 11.2. The highest BCUT2D eigenvalue weighted by molar-refractivity contribution is 5.78. The van der Waals surface area contributed by atoms with E-state index in [1.54, 1.807) is 0 Å². The topological polar surface area (TPSA) is 62.4 Å². The standard InChI is InChI=1S/C10H24N4/c1-8(2)14-9(11)12-6-7-13-10(3,4)5/h8,13H,6-7H2,1-5H3,(H3,11,12,14). The van der Waals surface area contributed by atoms with E-state index < -0.39 is 0 Å². The van der Waals surface area contributed by atoms with Crippen molar-refractivity contribution in [1.82, 2.24) is 10.6 Å². The van der Waals surface area contributed by atoms with Crippen LogP contribution in [0.1, 0.15) is 34.6 Å². The molecule has 0 aromatic heterocycles. The molecule has 0 heterocycles. The predicted molar refractivity (Wildman–Crippen MR) is 62.5 cm³/mol. The van der Waals surface area contributed by atoms with E-state index in [2.05, 4.69) is 36.4 Å². The van der Waals surface area contributed by atoms with Gasteiger partial charge in [0.1, 0.15) is 0 Å². The van der Waals surface area contributed by atoms with Crippen LogP contribution in [-0.4, -0.2) is 30.6 Å². The lowest BCUT2D eigenvalue weighted by Gasteiger charge is -2.19. The maximum absolute atomic E-state index is 5.64. The van der Waals surface area contributed by atoms with Crippen LogP contribution in [0.5, 0.6) is 0 Å². The lowest BCUT2D eigenvalue weighted by Crippen LogP contribution is -2.39. The van der Waals surface area contributed by atoms with Crippen LogP contribution in [0.25, 0.3) is 0 Å². The SMILES string of the molecule is CC(C)NC(N)=NCCNC(C)(C)C. The van der Waals surface area contributed by atoms with Gasteiger partial charge in [-0.1, -0.05) is 0 Å². The van der Waals surface area contributed by atoms with Crippen molar-refractivity contribution in [3.8, 4) is 0 Å². The molecule has 0 bridgehead atoms. The molecule has 0 fully saturated rings. The van der Waals surface area contributed by atoms with Gasteiger partial charge in [0, 0.05) is 18.1 Å². The average molecular weight is 200 g/mol. The van der Waals surface area contributed by atoms with Crippen LogP contribution in [0, 0.1) is 0 Å². The summed E-state index contributed by atoms with van der Waals surface area (Å²) in [5.74, 6) is 0.524. The smallest absolute Gasteiger partial charge is 0.188 e. The molecule has 0 rings (SSSR count). The van der Waals surface area contributed by atoms with Crippen molar-refractivity contribution in [1.29, 1.82) is 0 Å². The fourth-order valence-corrected chi connectivity index (χ4v) is 0.949. The number of rotatable bonds is 4. The van der Waals surface area contributed by atoms with Crippen LogP contribution in [0.15, 0.2) is 4.99 Å². The normalized spacial score (nSPS) is 13.4. The van der Waals surface area contributed by atoms with E-state index >= 15 is 0 Å². The number of guanidine groups is 1. The Labute approximate surface area is 87.4 Å². The molecule has 0 aliphatic carbocycles. The van der Waals surface area contributed by atoms with Gasteiger partial charge in [-0.05, 0) is 34.6 Å². The third kappa shape index (κ3) is 9.32. The van der Waals surface area contributed by atoms with E-state index in [0.717, 1.165) is 6.54 Å². The fourth-order valence-electron chi connectivity index (χ4n) is 0.949. The van der Waals surface area contributed by atoms with Gasteiger partial charge in [0.25, 0.3) is 0 Å². The molecule has 0 aliphatic rings. The van der Waals surface area contributed by atoms with Gasteiger partial charge >= 0.3 is 0 Å². The van der Waals surface area contributed by atoms with Crippen molar-refractivity contribution in [3.05, 3.63) is 0 Å². The lowest BCUT2D eigenvalue weighted by atomic mass is 10.1. The first kappa shape index (κ1) is 13.2. The lowest BCUT2D eigenvalue weighted by molar-refractivity contribution is 0.432. The molecule has 84 valence electrons. The Kier molecular flexibility index (Phi) is 5.53. The van der Waals surface area contributed by atoms with Gasteiger partial charge in [-0.2, -0.15) is 0 Å². The molecule has 14 heavy (non-hydrogen) atoms. The number of nitrogens with one attached hydrogen (secondary N) is 2. The molecule has 0 atom stereocenters. The molecule has 0 aromatic carbocycles. The Morgan fingerprint density at radius 3 is 2.36 bits per heavy atom. The Bertz CT molecular complexity index is 179. The van der Waals surface area contributed by atoms with Gasteiger partial charge in [0.05, 0.1) is 6.54 Å². The predicted octanol–water partition coefficient (Wildman–Crippen LogP) is 0.687. The minimum absolute atomic E-state index is 0.149. The summed E-state index contributed by atoms with van der Waals surface area (Å²) in [6.07, 6.45) is 0. The molecule has 0 spiro atoms. The van der Waals surface area contributed by atoms with E-state index in [9.17, 15) is 0 Å². The van der Waals surface area contributed by atoms with Crippen LogP contribution in [0.3, 0.4) is 0 Å². The summed E-state index contributed by atoms with van der Waals surface area (Å²) in [5.41, 5.74) is 5.78. The second-order valence-corrected chi connectivity index (χ2v) is 4.74. The largest absolute Gasteiger partial charge is 0.370 e. The molecular formula is C10H24N4. The highest BCUT2D eigenvalue weighted by Gasteiger charge is 2.06. The number of aliphatic imine (C=N–C) groups is 1. The monoisotopic (exact) mass is 200 g/mol. The third-order valence-corrected chi connectivity index (χ3v) is 1.49. The van der Waals surface area contributed by atoms with Crippen molar-refractivity contribution in [2.75, 3.05) is 13.1 Å². The van der Waals surface area contributed by atoms with E-state index in [1.807, 2.05) is 13.8 Å². The van der Waals surface area contributed by atoms with E-state index in [1.165, 1.54) is 0 Å². The zero-order valence-corrected chi connectivity index (χ0v) is 10.0. The van der Waals surface area contributed by atoms with E-state index in [-0.39, 0.29) is 5.54 Å². The van der Waals surface area contributed by atoms with Gasteiger partial charge < -0.3 is 16.4 Å². The second kappa shape index (κ2) is 5.86. The summed E-state index contributed by atoms with van der Waals surface area (Å²) >= 11 is 0. The molecule has 0 aliphatic heterocycles. The second-order valence-electron chi connectivity index (χ2n) is 4.74. The fraction of sp³-hybridized carbons (Fsp3) is 0.900. The first-order valence-corrected chi connectivity index (χ1v) is 5.13. The number of hydrogen-bond donors (Lipinski definition) is 3. The molecule has 0 saturated heterocycles. The van der Waals surface area contributed by atoms with Gasteiger partial charge in [0.15, 0.2) is 5.96 Å². The molecule has 0 amide bonds. The molecule has 0 aromatic rings. The number of nitrogens with zero attached hydrogens (tertiary/aromatic N) is 1. The molecular weight excluding hydrogens is 176 g/mol. The quantitative estimate of drug-likeness (QED) is 0.355. The summed E-state index contributed by atoms with van der Waals surface area (Å²) in [7, 11) is 0. The minimum atomic E-state index is 0.149. The van der Waals surface area contributed by atoms with Crippen LogP contribution < -0.4 is 16.4 Å². The van der Waals surface area contributed by atoms with Crippen molar-refractivity contribution >= 4 is 5.96 Å². The summed E-state index contributed by atoms with van der Waals surface area (Å²) in [6.45, 7) is 12.0. The van der Waals surface area contributed by atoms with Crippen LogP contribution >= 0.6 is 0 Å². The average Bonchev–Trinajstić information content (AvgIpc) is 1.95. The van der Waals surface area contributed by atoms with E-state index in [4.69, 9.17) is 5.73 Å². The summed E-state index contributed by atoms with van der Waals surface area (Å²) in [4.78, 5) is 4.19. The first-order valence-electron chi connectivity index (χ1n) is 5.13. The molecule has 0 radical (unpaired) electrons. The minimum Gasteiger partial charge on any atom is -0.370 e. The van der Waals surface area contributed by atoms with Crippen LogP contribution in [0.4, 0.5) is 0 Å².